The summed E-state index contributed by atoms with van der Waals surface area (Å²) in [6, 6.07) is 12.5. The average molecular weight is 305 g/mol. The fraction of sp³-hybridized carbons (Fsp3) is 0.125. The number of benzene rings is 2. The number of rotatable bonds is 4. The normalized spacial score (nSPS) is 11.3. The molecule has 0 heterocycles. The van der Waals surface area contributed by atoms with E-state index in [0.717, 1.165) is 11.3 Å². The Morgan fingerprint density at radius 1 is 1.10 bits per heavy atom. The van der Waals surface area contributed by atoms with Gasteiger partial charge in [0.2, 0.25) is 0 Å². The fourth-order valence-corrected chi connectivity index (χ4v) is 1.90. The van der Waals surface area contributed by atoms with E-state index in [1.165, 1.54) is 24.3 Å². The van der Waals surface area contributed by atoms with Gasteiger partial charge in [-0.25, -0.2) is 9.82 Å². The Bertz CT molecular complexity index is 651. The fourth-order valence-electron chi connectivity index (χ4n) is 1.77. The molecule has 0 saturated carbocycles. The molecule has 2 aromatic carbocycles. The van der Waals surface area contributed by atoms with Crippen LogP contribution in [0.5, 0.6) is 0 Å². The molecule has 108 valence electrons. The Hall–Kier alpha value is -2.20. The van der Waals surface area contributed by atoms with Crippen LogP contribution in [0.25, 0.3) is 0 Å². The van der Waals surface area contributed by atoms with E-state index in [4.69, 9.17) is 11.6 Å². The van der Waals surface area contributed by atoms with E-state index in [-0.39, 0.29) is 11.7 Å². The monoisotopic (exact) mass is 304 g/mol. The van der Waals surface area contributed by atoms with Gasteiger partial charge in [0.05, 0.1) is 5.71 Å². The molecule has 0 spiro atoms. The van der Waals surface area contributed by atoms with Crippen LogP contribution in [0.4, 0.5) is 4.39 Å². The zero-order chi connectivity index (χ0) is 15.2. The maximum atomic E-state index is 12.8. The molecule has 1 N–H and O–H groups in total. The number of hydrogen-bond acceptors (Lipinski definition) is 2. The number of nitrogens with one attached hydrogen (secondary N) is 1. The zero-order valence-corrected chi connectivity index (χ0v) is 12.2. The second-order valence-electron chi connectivity index (χ2n) is 4.37. The molecule has 0 aliphatic carbocycles. The molecule has 0 unspecified atom stereocenters. The Morgan fingerprint density at radius 2 is 1.67 bits per heavy atom. The van der Waals surface area contributed by atoms with E-state index in [0.29, 0.717) is 17.0 Å². The number of hydrogen-bond donors (Lipinski definition) is 1. The van der Waals surface area contributed by atoms with E-state index in [1.54, 1.807) is 12.1 Å². The number of hydrazone groups is 1. The first-order valence-corrected chi connectivity index (χ1v) is 6.86. The minimum Gasteiger partial charge on any atom is -0.267 e. The quantitative estimate of drug-likeness (QED) is 0.672. The highest BCUT2D eigenvalue weighted by atomic mass is 35.5. The van der Waals surface area contributed by atoms with Crippen molar-refractivity contribution in [3.63, 3.8) is 0 Å². The lowest BCUT2D eigenvalue weighted by Crippen LogP contribution is -2.20. The van der Waals surface area contributed by atoms with Crippen LogP contribution in [0.2, 0.25) is 5.02 Å². The maximum Gasteiger partial charge on any atom is 0.271 e. The molecule has 1 amide bonds. The summed E-state index contributed by atoms with van der Waals surface area (Å²) in [6.45, 7) is 1.94. The molecule has 0 aliphatic heterocycles. The number of amides is 1. The molecule has 3 nitrogen and oxygen atoms in total. The van der Waals surface area contributed by atoms with Crippen LogP contribution in [0.3, 0.4) is 0 Å². The van der Waals surface area contributed by atoms with Crippen LogP contribution < -0.4 is 5.43 Å². The van der Waals surface area contributed by atoms with Crippen molar-refractivity contribution in [3.05, 3.63) is 70.5 Å². The van der Waals surface area contributed by atoms with Crippen LogP contribution in [0.15, 0.2) is 53.6 Å². The van der Waals surface area contributed by atoms with Crippen molar-refractivity contribution < 1.29 is 9.18 Å². The van der Waals surface area contributed by atoms with Crippen molar-refractivity contribution in [2.24, 2.45) is 5.10 Å². The summed E-state index contributed by atoms with van der Waals surface area (Å²) in [7, 11) is 0. The molecular formula is C16H14ClFN2O. The van der Waals surface area contributed by atoms with Gasteiger partial charge in [0, 0.05) is 10.6 Å². The SMILES string of the molecule is CC/C(=N/NC(=O)c1ccc(F)cc1)c1ccc(Cl)cc1. The largest absolute Gasteiger partial charge is 0.271 e. The van der Waals surface area contributed by atoms with Crippen LogP contribution >= 0.6 is 11.6 Å². The molecule has 2 aromatic rings. The van der Waals surface area contributed by atoms with Crippen molar-refractivity contribution >= 4 is 23.2 Å². The van der Waals surface area contributed by atoms with Gasteiger partial charge >= 0.3 is 0 Å². The molecule has 2 rings (SSSR count). The van der Waals surface area contributed by atoms with Gasteiger partial charge in [-0.15, -0.1) is 0 Å². The molecule has 0 fully saturated rings. The molecule has 5 heteroatoms. The van der Waals surface area contributed by atoms with Gasteiger partial charge in [0.1, 0.15) is 5.82 Å². The molecule has 0 radical (unpaired) electrons. The first-order valence-electron chi connectivity index (χ1n) is 6.48. The summed E-state index contributed by atoms with van der Waals surface area (Å²) >= 11 is 5.84. The van der Waals surface area contributed by atoms with Gasteiger partial charge in [-0.2, -0.15) is 5.10 Å². The van der Waals surface area contributed by atoms with Crippen LogP contribution in [-0.2, 0) is 0 Å². The first kappa shape index (κ1) is 15.2. The van der Waals surface area contributed by atoms with Gasteiger partial charge in [-0.3, -0.25) is 4.79 Å². The van der Waals surface area contributed by atoms with Gasteiger partial charge in [-0.05, 0) is 48.4 Å². The van der Waals surface area contributed by atoms with Gasteiger partial charge in [0.15, 0.2) is 0 Å². The van der Waals surface area contributed by atoms with Gasteiger partial charge in [-0.1, -0.05) is 30.7 Å². The Labute approximate surface area is 127 Å². The Kier molecular flexibility index (Phi) is 5.06. The molecule has 0 atom stereocenters. The van der Waals surface area contributed by atoms with E-state index >= 15 is 0 Å². The number of nitrogens with zero attached hydrogens (tertiary/aromatic N) is 1. The topological polar surface area (TPSA) is 41.5 Å². The third kappa shape index (κ3) is 4.13. The molecule has 0 bridgehead atoms. The molecule has 0 aliphatic rings. The van der Waals surface area contributed by atoms with Crippen molar-refractivity contribution in [1.29, 1.82) is 0 Å². The van der Waals surface area contributed by atoms with Crippen molar-refractivity contribution in [2.45, 2.75) is 13.3 Å². The minimum absolute atomic E-state index is 0.353. The van der Waals surface area contributed by atoms with Crippen LogP contribution in [0.1, 0.15) is 29.3 Å². The summed E-state index contributed by atoms with van der Waals surface area (Å²) in [5.41, 5.74) is 4.46. The van der Waals surface area contributed by atoms with E-state index < -0.39 is 0 Å². The molecule has 0 saturated heterocycles. The van der Waals surface area contributed by atoms with Gasteiger partial charge in [0.25, 0.3) is 5.91 Å². The van der Waals surface area contributed by atoms with E-state index in [2.05, 4.69) is 10.5 Å². The highest BCUT2D eigenvalue weighted by Gasteiger charge is 2.06. The lowest BCUT2D eigenvalue weighted by atomic mass is 10.1. The number of carbonyl (C=O) groups is 1. The third-order valence-corrected chi connectivity index (χ3v) is 3.16. The van der Waals surface area contributed by atoms with E-state index in [1.807, 2.05) is 19.1 Å². The summed E-state index contributed by atoms with van der Waals surface area (Å²) in [5, 5.41) is 4.76. The van der Waals surface area contributed by atoms with Crippen molar-refractivity contribution in [2.75, 3.05) is 0 Å². The summed E-state index contributed by atoms with van der Waals surface area (Å²) in [6.07, 6.45) is 0.658. The second kappa shape index (κ2) is 6.99. The van der Waals surface area contributed by atoms with Crippen molar-refractivity contribution in [3.8, 4) is 0 Å². The minimum atomic E-state index is -0.384. The summed E-state index contributed by atoms with van der Waals surface area (Å²) in [5.74, 6) is -0.764. The lowest BCUT2D eigenvalue weighted by Gasteiger charge is -2.05. The van der Waals surface area contributed by atoms with Crippen molar-refractivity contribution in [1.82, 2.24) is 5.43 Å². The predicted octanol–water partition coefficient (Wildman–Crippen LogP) is 4.02. The molecule has 0 aromatic heterocycles. The van der Waals surface area contributed by atoms with Crippen LogP contribution in [-0.4, -0.2) is 11.6 Å². The van der Waals surface area contributed by atoms with Crippen LogP contribution in [0, 0.1) is 5.82 Å². The lowest BCUT2D eigenvalue weighted by molar-refractivity contribution is 0.0955. The van der Waals surface area contributed by atoms with E-state index in [9.17, 15) is 9.18 Å². The van der Waals surface area contributed by atoms with Gasteiger partial charge < -0.3 is 0 Å². The smallest absolute Gasteiger partial charge is 0.267 e. The number of carbonyl (C=O) groups excluding carboxylic acids is 1. The molecular weight excluding hydrogens is 291 g/mol. The third-order valence-electron chi connectivity index (χ3n) is 2.91. The average Bonchev–Trinajstić information content (AvgIpc) is 2.50. The number of halogens is 2. The first-order chi connectivity index (χ1) is 10.1. The highest BCUT2D eigenvalue weighted by molar-refractivity contribution is 6.30. The zero-order valence-electron chi connectivity index (χ0n) is 11.4. The molecule has 21 heavy (non-hydrogen) atoms. The Balaban J connectivity index is 2.12. The second-order valence-corrected chi connectivity index (χ2v) is 4.80. The predicted molar refractivity (Wildman–Crippen MR) is 82.1 cm³/mol. The summed E-state index contributed by atoms with van der Waals surface area (Å²) in [4.78, 5) is 11.9. The maximum absolute atomic E-state index is 12.8. The Morgan fingerprint density at radius 3 is 2.24 bits per heavy atom. The standard InChI is InChI=1S/C16H14ClFN2O/c1-2-15(11-3-7-13(17)8-4-11)19-20-16(21)12-5-9-14(18)10-6-12/h3-10H,2H2,1H3,(H,20,21)/b19-15-. The summed E-state index contributed by atoms with van der Waals surface area (Å²) < 4.78 is 12.8. The highest BCUT2D eigenvalue weighted by Crippen LogP contribution is 2.11.